The quantitative estimate of drug-likeness (QED) is 0.349. The Balaban J connectivity index is 3.65. The molecule has 0 amide bonds. The lowest BCUT2D eigenvalue weighted by molar-refractivity contribution is 0.0881. The molecular formula is C12H27BrOSi. The Morgan fingerprint density at radius 1 is 1.00 bits per heavy atom. The van der Waals surface area contributed by atoms with Gasteiger partial charge in [0.15, 0.2) is 8.32 Å². The summed E-state index contributed by atoms with van der Waals surface area (Å²) < 4.78 is 6.16. The number of hydrogen-bond donors (Lipinski definition) is 0. The Kier molecular flexibility index (Phi) is 7.38. The molecule has 0 radical (unpaired) electrons. The fourth-order valence-corrected chi connectivity index (χ4v) is 4.03. The van der Waals surface area contributed by atoms with E-state index in [0.29, 0.717) is 0 Å². The molecule has 0 unspecified atom stereocenters. The number of hydrogen-bond acceptors (Lipinski definition) is 1. The van der Waals surface area contributed by atoms with Crippen LogP contribution in [0.2, 0.25) is 19.6 Å². The van der Waals surface area contributed by atoms with Crippen molar-refractivity contribution in [2.24, 2.45) is 0 Å². The molecule has 0 heterocycles. The summed E-state index contributed by atoms with van der Waals surface area (Å²) in [5.41, 5.74) is 0.0822. The second kappa shape index (κ2) is 7.07. The van der Waals surface area contributed by atoms with Crippen LogP contribution in [0, 0.1) is 0 Å². The first-order chi connectivity index (χ1) is 6.77. The summed E-state index contributed by atoms with van der Waals surface area (Å²) in [7, 11) is -1.38. The van der Waals surface area contributed by atoms with Crippen LogP contribution in [0.25, 0.3) is 0 Å². The van der Waals surface area contributed by atoms with Crippen LogP contribution in [0.4, 0.5) is 0 Å². The van der Waals surface area contributed by atoms with Gasteiger partial charge in [-0.3, -0.25) is 0 Å². The van der Waals surface area contributed by atoms with Crippen molar-refractivity contribution >= 4 is 24.2 Å². The summed E-state index contributed by atoms with van der Waals surface area (Å²) in [6.45, 7) is 11.3. The molecule has 0 fully saturated rings. The van der Waals surface area contributed by atoms with Gasteiger partial charge in [0.05, 0.1) is 5.60 Å². The number of halogens is 1. The van der Waals surface area contributed by atoms with Gasteiger partial charge in [0.2, 0.25) is 0 Å². The summed E-state index contributed by atoms with van der Waals surface area (Å²) in [6, 6.07) is 0. The smallest absolute Gasteiger partial charge is 0.184 e. The average molecular weight is 295 g/mol. The third-order valence-electron chi connectivity index (χ3n) is 2.24. The first-order valence-corrected chi connectivity index (χ1v) is 10.6. The molecule has 0 atom stereocenters. The molecule has 0 aromatic heterocycles. The summed E-state index contributed by atoms with van der Waals surface area (Å²) in [5, 5.41) is 1.14. The zero-order valence-electron chi connectivity index (χ0n) is 11.0. The van der Waals surface area contributed by atoms with Gasteiger partial charge in [0.1, 0.15) is 0 Å². The van der Waals surface area contributed by atoms with Crippen molar-refractivity contribution in [3.8, 4) is 0 Å². The van der Waals surface area contributed by atoms with Crippen LogP contribution in [-0.2, 0) is 4.43 Å². The Morgan fingerprint density at radius 2 is 1.53 bits per heavy atom. The van der Waals surface area contributed by atoms with Crippen molar-refractivity contribution in [3.05, 3.63) is 0 Å². The average Bonchev–Trinajstić information content (AvgIpc) is 1.99. The van der Waals surface area contributed by atoms with Crippen molar-refractivity contribution < 1.29 is 4.43 Å². The van der Waals surface area contributed by atoms with Gasteiger partial charge in [-0.2, -0.15) is 0 Å². The summed E-state index contributed by atoms with van der Waals surface area (Å²) in [6.07, 6.45) is 6.47. The minimum absolute atomic E-state index is 0.0822. The summed E-state index contributed by atoms with van der Waals surface area (Å²) in [4.78, 5) is 0. The monoisotopic (exact) mass is 294 g/mol. The lowest BCUT2D eigenvalue weighted by Gasteiger charge is -2.33. The molecule has 0 saturated carbocycles. The van der Waals surface area contributed by atoms with E-state index in [9.17, 15) is 0 Å². The molecule has 0 rings (SSSR count). The van der Waals surface area contributed by atoms with E-state index in [1.807, 2.05) is 0 Å². The SMILES string of the molecule is CC(C)(CCCCCCBr)O[Si](C)(C)C. The van der Waals surface area contributed by atoms with Gasteiger partial charge < -0.3 is 4.43 Å². The van der Waals surface area contributed by atoms with Gasteiger partial charge in [0.25, 0.3) is 0 Å². The number of unbranched alkanes of at least 4 members (excludes halogenated alkanes) is 3. The van der Waals surface area contributed by atoms with E-state index in [1.54, 1.807) is 0 Å². The molecule has 92 valence electrons. The second-order valence-electron chi connectivity index (χ2n) is 5.83. The lowest BCUT2D eigenvalue weighted by Crippen LogP contribution is -2.38. The van der Waals surface area contributed by atoms with Crippen molar-refractivity contribution in [2.75, 3.05) is 5.33 Å². The zero-order valence-corrected chi connectivity index (χ0v) is 13.6. The summed E-state index contributed by atoms with van der Waals surface area (Å²) in [5.74, 6) is 0. The van der Waals surface area contributed by atoms with Gasteiger partial charge in [-0.1, -0.05) is 35.2 Å². The number of alkyl halides is 1. The van der Waals surface area contributed by atoms with Crippen LogP contribution < -0.4 is 0 Å². The van der Waals surface area contributed by atoms with Gasteiger partial charge in [-0.15, -0.1) is 0 Å². The highest BCUT2D eigenvalue weighted by Gasteiger charge is 2.26. The van der Waals surface area contributed by atoms with E-state index in [0.717, 1.165) is 5.33 Å². The molecule has 15 heavy (non-hydrogen) atoms. The van der Waals surface area contributed by atoms with Gasteiger partial charge in [-0.25, -0.2) is 0 Å². The molecule has 3 heteroatoms. The maximum Gasteiger partial charge on any atom is 0.184 e. The van der Waals surface area contributed by atoms with Gasteiger partial charge >= 0.3 is 0 Å². The van der Waals surface area contributed by atoms with Gasteiger partial charge in [0, 0.05) is 5.33 Å². The van der Waals surface area contributed by atoms with Crippen LogP contribution in [0.15, 0.2) is 0 Å². The van der Waals surface area contributed by atoms with Crippen LogP contribution in [0.3, 0.4) is 0 Å². The largest absolute Gasteiger partial charge is 0.413 e. The fourth-order valence-electron chi connectivity index (χ4n) is 1.88. The molecule has 0 bridgehead atoms. The van der Waals surface area contributed by atoms with Crippen LogP contribution in [0.1, 0.15) is 46.0 Å². The molecule has 1 nitrogen and oxygen atoms in total. The molecule has 0 aromatic carbocycles. The van der Waals surface area contributed by atoms with Crippen LogP contribution in [-0.4, -0.2) is 19.2 Å². The van der Waals surface area contributed by atoms with Crippen molar-refractivity contribution in [1.29, 1.82) is 0 Å². The normalized spacial score (nSPS) is 13.2. The summed E-state index contributed by atoms with van der Waals surface area (Å²) >= 11 is 3.46. The molecule has 0 aliphatic heterocycles. The van der Waals surface area contributed by atoms with E-state index in [2.05, 4.69) is 49.4 Å². The predicted molar refractivity (Wildman–Crippen MR) is 75.4 cm³/mol. The Morgan fingerprint density at radius 3 is 2.00 bits per heavy atom. The minimum atomic E-state index is -1.38. The van der Waals surface area contributed by atoms with Crippen LogP contribution >= 0.6 is 15.9 Å². The zero-order chi connectivity index (χ0) is 11.9. The van der Waals surface area contributed by atoms with Gasteiger partial charge in [-0.05, 0) is 46.3 Å². The maximum absolute atomic E-state index is 6.16. The molecule has 0 spiro atoms. The van der Waals surface area contributed by atoms with Crippen LogP contribution in [0.5, 0.6) is 0 Å². The minimum Gasteiger partial charge on any atom is -0.413 e. The maximum atomic E-state index is 6.16. The van der Waals surface area contributed by atoms with Crippen molar-refractivity contribution in [1.82, 2.24) is 0 Å². The highest BCUT2D eigenvalue weighted by molar-refractivity contribution is 9.09. The third kappa shape index (κ3) is 10.9. The fraction of sp³-hybridized carbons (Fsp3) is 1.00. The topological polar surface area (TPSA) is 9.23 Å². The first-order valence-electron chi connectivity index (χ1n) is 6.03. The Bertz CT molecular complexity index is 163. The highest BCUT2D eigenvalue weighted by atomic mass is 79.9. The molecule has 0 aromatic rings. The second-order valence-corrected chi connectivity index (χ2v) is 11.0. The first kappa shape index (κ1) is 15.7. The predicted octanol–water partition coefficient (Wildman–Crippen LogP) is 4.96. The van der Waals surface area contributed by atoms with Crippen molar-refractivity contribution in [2.45, 2.75) is 71.2 Å². The molecule has 0 saturated heterocycles. The van der Waals surface area contributed by atoms with Crippen molar-refractivity contribution in [3.63, 3.8) is 0 Å². The van der Waals surface area contributed by atoms with E-state index < -0.39 is 8.32 Å². The lowest BCUT2D eigenvalue weighted by atomic mass is 10.0. The molecular weight excluding hydrogens is 268 g/mol. The highest BCUT2D eigenvalue weighted by Crippen LogP contribution is 2.23. The number of rotatable bonds is 8. The molecule has 0 aliphatic carbocycles. The van der Waals surface area contributed by atoms with E-state index in [-0.39, 0.29) is 5.60 Å². The Labute approximate surface area is 105 Å². The van der Waals surface area contributed by atoms with E-state index in [4.69, 9.17) is 4.43 Å². The Hall–Kier alpha value is 0.657. The third-order valence-corrected chi connectivity index (χ3v) is 3.97. The van der Waals surface area contributed by atoms with E-state index >= 15 is 0 Å². The standard InChI is InChI=1S/C12H27BrOSi/c1-12(2,14-15(3,4)5)10-8-6-7-9-11-13/h6-11H2,1-5H3. The van der Waals surface area contributed by atoms with E-state index in [1.165, 1.54) is 32.1 Å². The molecule has 0 aliphatic rings. The molecule has 0 N–H and O–H groups in total.